The number of hydrogen-bond acceptors (Lipinski definition) is 5. The summed E-state index contributed by atoms with van der Waals surface area (Å²) in [6, 6.07) is 5.27. The third-order valence-corrected chi connectivity index (χ3v) is 3.26. The summed E-state index contributed by atoms with van der Waals surface area (Å²) in [5.74, 6) is 0.791. The van der Waals surface area contributed by atoms with Crippen molar-refractivity contribution in [3.63, 3.8) is 0 Å². The maximum Gasteiger partial charge on any atom is 0.253 e. The molecule has 2 aromatic heterocycles. The molecule has 6 heteroatoms. The van der Waals surface area contributed by atoms with Crippen LogP contribution in [-0.4, -0.2) is 30.1 Å². The molecule has 2 rings (SSSR count). The van der Waals surface area contributed by atoms with Crippen molar-refractivity contribution in [1.29, 1.82) is 0 Å². The standard InChI is InChI=1S/C16H19N3O3/c1-10-7-11(2)19-16(22-4)13(10)9-18-15(20)12-5-6-14(21-3)17-8-12/h5-8H,9H2,1-4H3,(H,18,20). The number of pyridine rings is 2. The Morgan fingerprint density at radius 1 is 1.23 bits per heavy atom. The van der Waals surface area contributed by atoms with E-state index >= 15 is 0 Å². The van der Waals surface area contributed by atoms with Gasteiger partial charge >= 0.3 is 0 Å². The van der Waals surface area contributed by atoms with E-state index in [1.807, 2.05) is 19.9 Å². The molecule has 0 radical (unpaired) electrons. The Morgan fingerprint density at radius 3 is 2.59 bits per heavy atom. The first-order chi connectivity index (χ1) is 10.5. The van der Waals surface area contributed by atoms with Gasteiger partial charge in [0.15, 0.2) is 0 Å². The molecule has 2 aromatic rings. The highest BCUT2D eigenvalue weighted by Gasteiger charge is 2.12. The van der Waals surface area contributed by atoms with Crippen molar-refractivity contribution >= 4 is 5.91 Å². The first kappa shape index (κ1) is 15.8. The monoisotopic (exact) mass is 301 g/mol. The topological polar surface area (TPSA) is 73.3 Å². The van der Waals surface area contributed by atoms with Gasteiger partial charge in [0.2, 0.25) is 11.8 Å². The number of aryl methyl sites for hydroxylation is 2. The van der Waals surface area contributed by atoms with E-state index in [4.69, 9.17) is 9.47 Å². The summed E-state index contributed by atoms with van der Waals surface area (Å²) >= 11 is 0. The minimum Gasteiger partial charge on any atom is -0.481 e. The molecule has 0 saturated carbocycles. The van der Waals surface area contributed by atoms with Crippen LogP contribution in [0.4, 0.5) is 0 Å². The van der Waals surface area contributed by atoms with E-state index in [2.05, 4.69) is 15.3 Å². The number of hydrogen-bond donors (Lipinski definition) is 1. The second-order valence-corrected chi connectivity index (χ2v) is 4.84. The zero-order valence-electron chi connectivity index (χ0n) is 13.1. The van der Waals surface area contributed by atoms with Crippen molar-refractivity contribution in [1.82, 2.24) is 15.3 Å². The maximum atomic E-state index is 12.1. The summed E-state index contributed by atoms with van der Waals surface area (Å²) < 4.78 is 10.3. The van der Waals surface area contributed by atoms with Crippen LogP contribution >= 0.6 is 0 Å². The van der Waals surface area contributed by atoms with Crippen molar-refractivity contribution in [3.05, 3.63) is 46.8 Å². The molecule has 6 nitrogen and oxygen atoms in total. The van der Waals surface area contributed by atoms with Gasteiger partial charge in [-0.3, -0.25) is 4.79 Å². The Labute approximate surface area is 129 Å². The number of methoxy groups -OCH3 is 2. The van der Waals surface area contributed by atoms with E-state index in [-0.39, 0.29) is 5.91 Å². The third kappa shape index (κ3) is 3.52. The maximum absolute atomic E-state index is 12.1. The van der Waals surface area contributed by atoms with E-state index in [0.29, 0.717) is 23.9 Å². The van der Waals surface area contributed by atoms with Gasteiger partial charge in [-0.05, 0) is 31.5 Å². The fourth-order valence-corrected chi connectivity index (χ4v) is 2.12. The summed E-state index contributed by atoms with van der Waals surface area (Å²) in [6.45, 7) is 4.21. The third-order valence-electron chi connectivity index (χ3n) is 3.26. The first-order valence-corrected chi connectivity index (χ1v) is 6.84. The highest BCUT2D eigenvalue weighted by Crippen LogP contribution is 2.20. The molecule has 0 aliphatic carbocycles. The van der Waals surface area contributed by atoms with Crippen molar-refractivity contribution in [3.8, 4) is 11.8 Å². The van der Waals surface area contributed by atoms with Crippen LogP contribution < -0.4 is 14.8 Å². The minimum absolute atomic E-state index is 0.211. The number of nitrogens with one attached hydrogen (secondary N) is 1. The largest absolute Gasteiger partial charge is 0.481 e. The quantitative estimate of drug-likeness (QED) is 0.915. The molecule has 116 valence electrons. The Hall–Kier alpha value is -2.63. The van der Waals surface area contributed by atoms with Crippen LogP contribution in [0.1, 0.15) is 27.2 Å². The van der Waals surface area contributed by atoms with Crippen LogP contribution in [0.25, 0.3) is 0 Å². The fraction of sp³-hybridized carbons (Fsp3) is 0.312. The van der Waals surface area contributed by atoms with Gasteiger partial charge in [0, 0.05) is 30.1 Å². The molecule has 0 saturated heterocycles. The van der Waals surface area contributed by atoms with Gasteiger partial charge in [0.1, 0.15) is 0 Å². The average molecular weight is 301 g/mol. The van der Waals surface area contributed by atoms with Gasteiger partial charge in [-0.1, -0.05) is 0 Å². The number of carbonyl (C=O) groups is 1. The molecule has 0 spiro atoms. The summed E-state index contributed by atoms with van der Waals surface area (Å²) in [5.41, 5.74) is 3.24. The van der Waals surface area contributed by atoms with Gasteiger partial charge < -0.3 is 14.8 Å². The normalized spacial score (nSPS) is 10.2. The lowest BCUT2D eigenvalue weighted by Gasteiger charge is -2.12. The molecule has 1 amide bonds. The number of aromatic nitrogens is 2. The summed E-state index contributed by atoms with van der Waals surface area (Å²) in [4.78, 5) is 20.5. The van der Waals surface area contributed by atoms with Gasteiger partial charge in [-0.2, -0.15) is 0 Å². The Morgan fingerprint density at radius 2 is 2.00 bits per heavy atom. The van der Waals surface area contributed by atoms with Crippen LogP contribution in [0.15, 0.2) is 24.4 Å². The number of carbonyl (C=O) groups excluding carboxylic acids is 1. The Balaban J connectivity index is 2.10. The second kappa shape index (κ2) is 6.89. The first-order valence-electron chi connectivity index (χ1n) is 6.84. The molecule has 0 unspecified atom stereocenters. The van der Waals surface area contributed by atoms with Gasteiger partial charge in [0.25, 0.3) is 5.91 Å². The highest BCUT2D eigenvalue weighted by atomic mass is 16.5. The molecule has 0 fully saturated rings. The van der Waals surface area contributed by atoms with E-state index in [1.165, 1.54) is 13.3 Å². The summed E-state index contributed by atoms with van der Waals surface area (Å²) in [6.07, 6.45) is 1.48. The van der Waals surface area contributed by atoms with Crippen LogP contribution in [0, 0.1) is 13.8 Å². The predicted octanol–water partition coefficient (Wildman–Crippen LogP) is 2.04. The zero-order chi connectivity index (χ0) is 16.1. The Bertz CT molecular complexity index is 669. The van der Waals surface area contributed by atoms with E-state index in [9.17, 15) is 4.79 Å². The molecule has 0 atom stereocenters. The number of nitrogens with zero attached hydrogens (tertiary/aromatic N) is 2. The van der Waals surface area contributed by atoms with Crippen LogP contribution in [0.5, 0.6) is 11.8 Å². The van der Waals surface area contributed by atoms with Gasteiger partial charge in [-0.25, -0.2) is 9.97 Å². The molecular formula is C16H19N3O3. The van der Waals surface area contributed by atoms with Crippen molar-refractivity contribution < 1.29 is 14.3 Å². The van der Waals surface area contributed by atoms with Crippen LogP contribution in [0.3, 0.4) is 0 Å². The molecule has 1 N–H and O–H groups in total. The van der Waals surface area contributed by atoms with E-state index in [1.54, 1.807) is 19.2 Å². The number of ether oxygens (including phenoxy) is 2. The lowest BCUT2D eigenvalue weighted by atomic mass is 10.1. The predicted molar refractivity (Wildman–Crippen MR) is 82.2 cm³/mol. The highest BCUT2D eigenvalue weighted by molar-refractivity contribution is 5.93. The molecule has 0 bridgehead atoms. The molecule has 0 aliphatic heterocycles. The molecule has 0 aliphatic rings. The molecular weight excluding hydrogens is 282 g/mol. The van der Waals surface area contributed by atoms with Crippen LogP contribution in [0.2, 0.25) is 0 Å². The molecule has 22 heavy (non-hydrogen) atoms. The number of rotatable bonds is 5. The summed E-state index contributed by atoms with van der Waals surface area (Å²) in [7, 11) is 3.10. The fourth-order valence-electron chi connectivity index (χ4n) is 2.12. The van der Waals surface area contributed by atoms with Gasteiger partial charge in [0.05, 0.1) is 19.8 Å². The lowest BCUT2D eigenvalue weighted by molar-refractivity contribution is 0.0950. The zero-order valence-corrected chi connectivity index (χ0v) is 13.1. The Kier molecular flexibility index (Phi) is 4.93. The van der Waals surface area contributed by atoms with E-state index < -0.39 is 0 Å². The van der Waals surface area contributed by atoms with Crippen molar-refractivity contribution in [2.45, 2.75) is 20.4 Å². The summed E-state index contributed by atoms with van der Waals surface area (Å²) in [5, 5.41) is 2.85. The SMILES string of the molecule is COc1ccc(C(=O)NCc2c(C)cc(C)nc2OC)cn1. The van der Waals surface area contributed by atoms with E-state index in [0.717, 1.165) is 16.8 Å². The van der Waals surface area contributed by atoms with Gasteiger partial charge in [-0.15, -0.1) is 0 Å². The smallest absolute Gasteiger partial charge is 0.253 e. The molecule has 0 aromatic carbocycles. The molecule has 2 heterocycles. The van der Waals surface area contributed by atoms with Crippen molar-refractivity contribution in [2.75, 3.05) is 14.2 Å². The number of amides is 1. The lowest BCUT2D eigenvalue weighted by Crippen LogP contribution is -2.24. The van der Waals surface area contributed by atoms with Crippen LogP contribution in [-0.2, 0) is 6.54 Å². The average Bonchev–Trinajstić information content (AvgIpc) is 2.53. The second-order valence-electron chi connectivity index (χ2n) is 4.84. The minimum atomic E-state index is -0.211. The van der Waals surface area contributed by atoms with Crippen molar-refractivity contribution in [2.24, 2.45) is 0 Å².